The summed E-state index contributed by atoms with van der Waals surface area (Å²) in [6, 6.07) is 42.1. The van der Waals surface area contributed by atoms with Gasteiger partial charge >= 0.3 is 57.6 Å². The van der Waals surface area contributed by atoms with Crippen LogP contribution >= 0.6 is 134 Å². The summed E-state index contributed by atoms with van der Waals surface area (Å²) in [5, 5.41) is 11.3. The molecule has 0 amide bonds. The van der Waals surface area contributed by atoms with E-state index < -0.39 is 11.7 Å². The van der Waals surface area contributed by atoms with Crippen LogP contribution in [0, 0.1) is 6.92 Å². The molecule has 10 N–H and O–H groups in total. The van der Waals surface area contributed by atoms with Crippen LogP contribution < -0.4 is 79.0 Å². The van der Waals surface area contributed by atoms with Gasteiger partial charge in [-0.2, -0.15) is 18.2 Å². The molecule has 0 aliphatic carbocycles. The number of rotatable bonds is 8. The number of alkyl halides is 4. The molecule has 0 spiro atoms. The number of nitrogen functional groups attached to an aromatic ring is 1. The number of benzene rings is 6. The van der Waals surface area contributed by atoms with Crippen LogP contribution in [0.25, 0.3) is 11.3 Å². The molecule has 71 heavy (non-hydrogen) atoms. The largest absolute Gasteiger partial charge is 1.00 e. The molecule has 0 aliphatic rings. The van der Waals surface area contributed by atoms with Crippen LogP contribution in [-0.4, -0.2) is 35.5 Å². The van der Waals surface area contributed by atoms with Gasteiger partial charge in [0.15, 0.2) is 14.7 Å². The zero-order valence-corrected chi connectivity index (χ0v) is 49.8. The SMILES string of the molecule is Cc1cccc(-c2csc(Nc3cccc(Cl)c3)n2)c1.N.NC(=S)Cc1cccc(Cl)c1.Nc1cccc(Cl)c1.O.O=C(CBr)c1cccc(C(F)(F)F)c1.S=C(Cl)Cl.S=C=Nc1cccc(Cl)c1.[F-].[K+]. The first-order valence-electron chi connectivity index (χ1n) is 18.7. The van der Waals surface area contributed by atoms with Crippen molar-refractivity contribution in [2.45, 2.75) is 19.5 Å². The number of nitrogens with zero attached hydrogens (tertiary/aromatic N) is 2. The Morgan fingerprint density at radius 2 is 1.34 bits per heavy atom. The molecular weight excluding hydrogens is 1220 g/mol. The van der Waals surface area contributed by atoms with Crippen LogP contribution in [0.15, 0.2) is 156 Å². The minimum atomic E-state index is -4.40. The van der Waals surface area contributed by atoms with Crippen LogP contribution in [0.5, 0.6) is 0 Å². The number of Topliss-reactive ketones (excluding diaryl/α,β-unsaturated/α-hetero) is 1. The number of thiocarbonyl (C=S) groups is 3. The van der Waals surface area contributed by atoms with E-state index in [0.717, 1.165) is 50.5 Å². The van der Waals surface area contributed by atoms with E-state index in [9.17, 15) is 18.0 Å². The normalized spacial score (nSPS) is 9.28. The number of hydrogen-bond acceptors (Lipinski definition) is 10. The minimum Gasteiger partial charge on any atom is -1.00 e. The van der Waals surface area contributed by atoms with Crippen molar-refractivity contribution in [1.82, 2.24) is 11.1 Å². The maximum atomic E-state index is 12.2. The molecule has 0 saturated carbocycles. The maximum absolute atomic E-state index is 12.2. The van der Waals surface area contributed by atoms with Crippen molar-refractivity contribution in [3.8, 4) is 11.3 Å². The van der Waals surface area contributed by atoms with Gasteiger partial charge in [0.2, 0.25) is 0 Å². The second kappa shape index (κ2) is 39.9. The number of nitrogens with two attached hydrogens (primary N) is 2. The summed E-state index contributed by atoms with van der Waals surface area (Å²) in [6.45, 7) is 2.08. The van der Waals surface area contributed by atoms with E-state index in [-0.39, 0.29) is 88.2 Å². The summed E-state index contributed by atoms with van der Waals surface area (Å²) in [7, 11) is 0. The van der Waals surface area contributed by atoms with Crippen LogP contribution in [-0.2, 0) is 12.6 Å². The van der Waals surface area contributed by atoms with Crippen molar-refractivity contribution in [2.75, 3.05) is 16.4 Å². The molecule has 0 aliphatic heterocycles. The second-order valence-corrected chi connectivity index (χ2v) is 18.6. The molecular formula is C47H42BrCl6F4KN6O2S4. The number of aliphatic imine (C=N–C) groups is 1. The van der Waals surface area contributed by atoms with Gasteiger partial charge in [-0.05, 0) is 110 Å². The zero-order valence-electron chi connectivity index (χ0n) is 37.3. The molecule has 8 nitrogen and oxygen atoms in total. The van der Waals surface area contributed by atoms with E-state index in [2.05, 4.69) is 91.3 Å². The first kappa shape index (κ1) is 72.7. The van der Waals surface area contributed by atoms with Crippen molar-refractivity contribution in [2.24, 2.45) is 10.7 Å². The molecule has 0 radical (unpaired) electrons. The number of isothiocyanates is 1. The Balaban J connectivity index is -0.000000813. The van der Waals surface area contributed by atoms with Gasteiger partial charge in [0.1, 0.15) is 0 Å². The fourth-order valence-electron chi connectivity index (χ4n) is 4.86. The first-order chi connectivity index (χ1) is 31.7. The number of carbonyl (C=O) groups is 1. The van der Waals surface area contributed by atoms with Crippen molar-refractivity contribution in [3.05, 3.63) is 193 Å². The second-order valence-electron chi connectivity index (χ2n) is 12.9. The van der Waals surface area contributed by atoms with Gasteiger partial charge in [-0.15, -0.1) is 11.3 Å². The zero-order chi connectivity index (χ0) is 49.9. The number of halogens is 11. The number of thiazole rings is 1. The third-order valence-electron chi connectivity index (χ3n) is 7.63. The Morgan fingerprint density at radius 3 is 1.83 bits per heavy atom. The van der Waals surface area contributed by atoms with Crippen LogP contribution in [0.3, 0.4) is 0 Å². The third kappa shape index (κ3) is 33.1. The van der Waals surface area contributed by atoms with Gasteiger partial charge in [-0.3, -0.25) is 4.79 Å². The molecule has 0 atom stereocenters. The maximum Gasteiger partial charge on any atom is 1.00 e. The smallest absolute Gasteiger partial charge is 1.00 e. The molecule has 7 rings (SSSR count). The Labute approximate surface area is 510 Å². The molecule has 0 unspecified atom stereocenters. The minimum absolute atomic E-state index is 0. The number of ketones is 1. The van der Waals surface area contributed by atoms with Crippen LogP contribution in [0.2, 0.25) is 20.1 Å². The predicted molar refractivity (Wildman–Crippen MR) is 303 cm³/mol. The number of hydrogen-bond donors (Lipinski definition) is 4. The van der Waals surface area contributed by atoms with E-state index in [1.807, 2.05) is 72.8 Å². The van der Waals surface area contributed by atoms with Crippen LogP contribution in [0.4, 0.5) is 35.4 Å². The number of aromatic nitrogens is 1. The Hall–Kier alpha value is -2.50. The van der Waals surface area contributed by atoms with Gasteiger partial charge < -0.3 is 33.1 Å². The first-order valence-corrected chi connectivity index (χ1v) is 24.2. The van der Waals surface area contributed by atoms with E-state index in [1.165, 1.54) is 17.7 Å². The Morgan fingerprint density at radius 1 is 0.803 bits per heavy atom. The van der Waals surface area contributed by atoms with E-state index in [1.54, 1.807) is 41.7 Å². The standard InChI is InChI=1S/C16H13ClN2S.C9H6BrF3O.C8H8ClNS.C7H4ClNS.C6H6ClN.CCl2S.FH.K.H3N.H2O/c1-11-4-2-5-12(8-11)15-10-20-16(19-15)18-14-7-3-6-13(17)9-14;10-5-8(14)6-2-1-3-7(4-6)9(11,12)13;9-7-3-1-2-6(4-7)5-8(10)11;8-6-2-1-3-7(4-6)9-5-10;7-5-2-1-3-6(8)4-5;2-1(3)4;;;;/h2-10H,1H3,(H,18,19);1-4H,5H2;1-4H,5H2,(H2,10,11);1-4H;1-4H,8H2;;1H;;1H3;1H2/q;;;;;;;+1;;/p-1. The molecule has 1 aromatic heterocycles. The van der Waals surface area contributed by atoms with Gasteiger partial charge in [0.25, 0.3) is 0 Å². The molecule has 0 fully saturated rings. The fourth-order valence-corrected chi connectivity index (χ4v) is 6.98. The van der Waals surface area contributed by atoms with Gasteiger partial charge in [0.05, 0.1) is 32.4 Å². The van der Waals surface area contributed by atoms with E-state index in [0.29, 0.717) is 32.2 Å². The Kier molecular flexibility index (Phi) is 40.9. The summed E-state index contributed by atoms with van der Waals surface area (Å²) in [5.74, 6) is -0.365. The molecule has 7 aromatic rings. The van der Waals surface area contributed by atoms with E-state index >= 15 is 0 Å². The summed E-state index contributed by atoms with van der Waals surface area (Å²) in [6.07, 6.45) is -3.78. The number of aryl methyl sites for hydroxylation is 1. The number of carbonyl (C=O) groups excluding carboxylic acids is 1. The average molecular weight is 1260 g/mol. The molecule has 374 valence electrons. The molecule has 24 heteroatoms. The van der Waals surface area contributed by atoms with Gasteiger partial charge in [-0.1, -0.05) is 176 Å². The average Bonchev–Trinajstić information content (AvgIpc) is 3.72. The van der Waals surface area contributed by atoms with Crippen molar-refractivity contribution < 1.29 is 79.5 Å². The summed E-state index contributed by atoms with van der Waals surface area (Å²) >= 11 is 50.2. The van der Waals surface area contributed by atoms with Gasteiger partial charge in [-0.25, -0.2) is 4.98 Å². The molecule has 6 aromatic carbocycles. The van der Waals surface area contributed by atoms with Gasteiger partial charge in [0, 0.05) is 54.4 Å². The summed E-state index contributed by atoms with van der Waals surface area (Å²) < 4.78 is 36.6. The molecule has 0 saturated heterocycles. The van der Waals surface area contributed by atoms with Crippen LogP contribution in [0.1, 0.15) is 27.0 Å². The fraction of sp³-hybridized carbons (Fsp3) is 0.0851. The molecule has 0 bridgehead atoms. The van der Waals surface area contributed by atoms with Crippen molar-refractivity contribution in [3.63, 3.8) is 0 Å². The Bertz CT molecular complexity index is 2740. The van der Waals surface area contributed by atoms with E-state index in [4.69, 9.17) is 93.3 Å². The quantitative estimate of drug-likeness (QED) is 0.0169. The topological polar surface area (TPSA) is 173 Å². The van der Waals surface area contributed by atoms with Crippen molar-refractivity contribution in [1.29, 1.82) is 0 Å². The third-order valence-corrected chi connectivity index (χ3v) is 10.1. The van der Waals surface area contributed by atoms with Crippen molar-refractivity contribution >= 4 is 175 Å². The molecule has 1 heterocycles. The summed E-state index contributed by atoms with van der Waals surface area (Å²) in [5.41, 5.74) is 16.8. The predicted octanol–water partition coefficient (Wildman–Crippen LogP) is 11.1. The monoisotopic (exact) mass is 1250 g/mol. The number of nitrogens with one attached hydrogen (secondary N) is 1. The summed E-state index contributed by atoms with van der Waals surface area (Å²) in [4.78, 5) is 19.9. The number of anilines is 3.